The highest BCUT2D eigenvalue weighted by molar-refractivity contribution is 8.00. The number of thioether (sulfide) groups is 1. The van der Waals surface area contributed by atoms with Crippen molar-refractivity contribution >= 4 is 46.3 Å². The van der Waals surface area contributed by atoms with Crippen LogP contribution in [0.3, 0.4) is 0 Å². The van der Waals surface area contributed by atoms with Crippen molar-refractivity contribution in [3.05, 3.63) is 40.1 Å². The number of carbonyl (C=O) groups is 2. The Balaban J connectivity index is 1.69. The molecule has 3 N–H and O–H groups in total. The first-order chi connectivity index (χ1) is 10.1. The van der Waals surface area contributed by atoms with Gasteiger partial charge in [-0.25, -0.2) is 4.79 Å². The maximum atomic E-state index is 11.4. The van der Waals surface area contributed by atoms with E-state index in [2.05, 4.69) is 10.6 Å². The number of benzene rings is 1. The largest absolute Gasteiger partial charge is 0.478 e. The fourth-order valence-electron chi connectivity index (χ4n) is 1.97. The molecule has 0 saturated carbocycles. The van der Waals surface area contributed by atoms with Gasteiger partial charge in [0.05, 0.1) is 17.0 Å². The van der Waals surface area contributed by atoms with Gasteiger partial charge in [-0.15, -0.1) is 23.1 Å². The smallest absolute Gasteiger partial charge is 0.336 e. The molecule has 0 aliphatic carbocycles. The molecule has 2 aromatic rings. The van der Waals surface area contributed by atoms with E-state index in [1.165, 1.54) is 23.1 Å². The fourth-order valence-corrected chi connectivity index (χ4v) is 3.55. The molecule has 0 radical (unpaired) electrons. The molecule has 1 aliphatic rings. The van der Waals surface area contributed by atoms with Crippen molar-refractivity contribution < 1.29 is 14.7 Å². The van der Waals surface area contributed by atoms with Crippen LogP contribution in [0.25, 0.3) is 0 Å². The Labute approximate surface area is 129 Å². The number of hydrogen-bond acceptors (Lipinski definition) is 5. The summed E-state index contributed by atoms with van der Waals surface area (Å²) in [5.41, 5.74) is 2.02. The molecule has 1 aromatic carbocycles. The van der Waals surface area contributed by atoms with Gasteiger partial charge in [-0.05, 0) is 24.3 Å². The first kappa shape index (κ1) is 14.0. The lowest BCUT2D eigenvalue weighted by molar-refractivity contribution is -0.113. The zero-order chi connectivity index (χ0) is 14.8. The number of amides is 1. The van der Waals surface area contributed by atoms with Crippen LogP contribution in [0.15, 0.2) is 34.5 Å². The summed E-state index contributed by atoms with van der Waals surface area (Å²) >= 11 is 2.93. The second-order valence-corrected chi connectivity index (χ2v) is 6.52. The zero-order valence-electron chi connectivity index (χ0n) is 10.9. The quantitative estimate of drug-likeness (QED) is 0.807. The van der Waals surface area contributed by atoms with E-state index < -0.39 is 5.97 Å². The number of thiophene rings is 1. The van der Waals surface area contributed by atoms with E-state index in [9.17, 15) is 9.59 Å². The van der Waals surface area contributed by atoms with Crippen LogP contribution >= 0.6 is 23.1 Å². The van der Waals surface area contributed by atoms with Gasteiger partial charge in [0.1, 0.15) is 0 Å². The number of carbonyl (C=O) groups excluding carboxylic acids is 1. The third kappa shape index (κ3) is 3.20. The molecule has 1 amide bonds. The SMILES string of the molecule is O=C1CSc2ccc(NCc3cc(C(=O)O)cs3)cc2N1. The van der Waals surface area contributed by atoms with E-state index in [1.807, 2.05) is 18.2 Å². The summed E-state index contributed by atoms with van der Waals surface area (Å²) in [6, 6.07) is 7.48. The first-order valence-corrected chi connectivity index (χ1v) is 8.09. The number of anilines is 2. The third-order valence-corrected chi connectivity index (χ3v) is 4.99. The summed E-state index contributed by atoms with van der Waals surface area (Å²) < 4.78 is 0. The predicted molar refractivity (Wildman–Crippen MR) is 84.4 cm³/mol. The van der Waals surface area contributed by atoms with Gasteiger partial charge in [-0.1, -0.05) is 0 Å². The van der Waals surface area contributed by atoms with Crippen LogP contribution in [-0.2, 0) is 11.3 Å². The van der Waals surface area contributed by atoms with Crippen molar-refractivity contribution in [2.24, 2.45) is 0 Å². The summed E-state index contributed by atoms with van der Waals surface area (Å²) in [6.45, 7) is 0.553. The van der Waals surface area contributed by atoms with Gasteiger partial charge < -0.3 is 15.7 Å². The first-order valence-electron chi connectivity index (χ1n) is 6.23. The summed E-state index contributed by atoms with van der Waals surface area (Å²) in [6.07, 6.45) is 0. The Bertz CT molecular complexity index is 712. The van der Waals surface area contributed by atoms with Crippen LogP contribution in [0, 0.1) is 0 Å². The van der Waals surface area contributed by atoms with Gasteiger partial charge in [0.2, 0.25) is 5.91 Å². The van der Waals surface area contributed by atoms with E-state index in [-0.39, 0.29) is 5.91 Å². The molecule has 0 unspecified atom stereocenters. The van der Waals surface area contributed by atoms with Gasteiger partial charge in [0.25, 0.3) is 0 Å². The molecular weight excluding hydrogens is 308 g/mol. The molecule has 108 valence electrons. The lowest BCUT2D eigenvalue weighted by Gasteiger charge is -2.17. The Morgan fingerprint density at radius 2 is 2.24 bits per heavy atom. The topological polar surface area (TPSA) is 78.4 Å². The van der Waals surface area contributed by atoms with Gasteiger partial charge in [-0.3, -0.25) is 4.79 Å². The van der Waals surface area contributed by atoms with Crippen molar-refractivity contribution in [2.45, 2.75) is 11.4 Å². The highest BCUT2D eigenvalue weighted by atomic mass is 32.2. The molecule has 0 fully saturated rings. The summed E-state index contributed by atoms with van der Waals surface area (Å²) in [4.78, 5) is 24.2. The molecule has 5 nitrogen and oxygen atoms in total. The number of rotatable bonds is 4. The lowest BCUT2D eigenvalue weighted by Crippen LogP contribution is -2.18. The number of fused-ring (bicyclic) bond motifs is 1. The Morgan fingerprint density at radius 3 is 3.00 bits per heavy atom. The molecule has 0 spiro atoms. The number of carboxylic acids is 1. The Hall–Kier alpha value is -1.99. The summed E-state index contributed by atoms with van der Waals surface area (Å²) in [5, 5.41) is 16.6. The van der Waals surface area contributed by atoms with Crippen LogP contribution in [-0.4, -0.2) is 22.7 Å². The molecule has 0 atom stereocenters. The second kappa shape index (κ2) is 5.79. The van der Waals surface area contributed by atoms with Crippen LogP contribution in [0.5, 0.6) is 0 Å². The number of aromatic carboxylic acids is 1. The van der Waals surface area contributed by atoms with Gasteiger partial charge in [0.15, 0.2) is 0 Å². The summed E-state index contributed by atoms with van der Waals surface area (Å²) in [7, 11) is 0. The van der Waals surface area contributed by atoms with Gasteiger partial charge in [0, 0.05) is 27.4 Å². The van der Waals surface area contributed by atoms with E-state index in [0.717, 1.165) is 21.1 Å². The molecule has 1 aromatic heterocycles. The standard InChI is InChI=1S/C14H12N2O3S2/c17-13-7-21-12-2-1-9(4-11(12)16-13)15-5-10-3-8(6-20-10)14(18)19/h1-4,6,15H,5,7H2,(H,16,17)(H,18,19). The molecular formula is C14H12N2O3S2. The van der Waals surface area contributed by atoms with Crippen LogP contribution in [0.2, 0.25) is 0 Å². The van der Waals surface area contributed by atoms with Crippen molar-refractivity contribution in [3.63, 3.8) is 0 Å². The number of carboxylic acid groups (broad SMARTS) is 1. The lowest BCUT2D eigenvalue weighted by atomic mass is 10.2. The fraction of sp³-hybridized carbons (Fsp3) is 0.143. The molecule has 1 aliphatic heterocycles. The third-order valence-electron chi connectivity index (χ3n) is 2.98. The maximum Gasteiger partial charge on any atom is 0.336 e. The van der Waals surface area contributed by atoms with Crippen LogP contribution < -0.4 is 10.6 Å². The van der Waals surface area contributed by atoms with E-state index in [0.29, 0.717) is 17.9 Å². The maximum absolute atomic E-state index is 11.4. The minimum absolute atomic E-state index is 0.00834. The van der Waals surface area contributed by atoms with Crippen LogP contribution in [0.1, 0.15) is 15.2 Å². The molecule has 7 heteroatoms. The van der Waals surface area contributed by atoms with Crippen LogP contribution in [0.4, 0.5) is 11.4 Å². The molecule has 0 bridgehead atoms. The average molecular weight is 320 g/mol. The number of hydrogen-bond donors (Lipinski definition) is 3. The molecule has 21 heavy (non-hydrogen) atoms. The normalized spacial score (nSPS) is 13.4. The van der Waals surface area contributed by atoms with Gasteiger partial charge >= 0.3 is 5.97 Å². The molecule has 3 rings (SSSR count). The zero-order valence-corrected chi connectivity index (χ0v) is 12.5. The Kier molecular flexibility index (Phi) is 3.85. The Morgan fingerprint density at radius 1 is 1.38 bits per heavy atom. The summed E-state index contributed by atoms with van der Waals surface area (Å²) in [5.74, 6) is -0.451. The van der Waals surface area contributed by atoms with E-state index >= 15 is 0 Å². The minimum atomic E-state index is -0.911. The molecule has 2 heterocycles. The highest BCUT2D eigenvalue weighted by Crippen LogP contribution is 2.33. The number of nitrogens with one attached hydrogen (secondary N) is 2. The second-order valence-electron chi connectivity index (χ2n) is 4.51. The van der Waals surface area contributed by atoms with Crippen molar-refractivity contribution in [1.29, 1.82) is 0 Å². The van der Waals surface area contributed by atoms with Crippen molar-refractivity contribution in [1.82, 2.24) is 0 Å². The average Bonchev–Trinajstić information content (AvgIpc) is 2.93. The monoisotopic (exact) mass is 320 g/mol. The van der Waals surface area contributed by atoms with Crippen molar-refractivity contribution in [3.8, 4) is 0 Å². The minimum Gasteiger partial charge on any atom is -0.478 e. The molecule has 0 saturated heterocycles. The van der Waals surface area contributed by atoms with E-state index in [4.69, 9.17) is 5.11 Å². The highest BCUT2D eigenvalue weighted by Gasteiger charge is 2.15. The van der Waals surface area contributed by atoms with Gasteiger partial charge in [-0.2, -0.15) is 0 Å². The van der Waals surface area contributed by atoms with Crippen molar-refractivity contribution in [2.75, 3.05) is 16.4 Å². The predicted octanol–water partition coefficient (Wildman–Crippen LogP) is 3.10. The van der Waals surface area contributed by atoms with E-state index in [1.54, 1.807) is 11.4 Å².